The zero-order valence-electron chi connectivity index (χ0n) is 8.66. The van der Waals surface area contributed by atoms with Crippen LogP contribution in [0.2, 0.25) is 0 Å². The number of hydrogen-bond donors (Lipinski definition) is 2. The van der Waals surface area contributed by atoms with Crippen LogP contribution in [0.3, 0.4) is 0 Å². The molecule has 1 aliphatic rings. The number of rotatable bonds is 4. The first-order valence-corrected chi connectivity index (χ1v) is 5.37. The molecule has 0 radical (unpaired) electrons. The molecule has 1 aliphatic carbocycles. The molecule has 1 saturated carbocycles. The molecule has 1 aromatic rings. The van der Waals surface area contributed by atoms with Crippen LogP contribution in [-0.2, 0) is 0 Å². The molecule has 3 N–H and O–H groups in total. The van der Waals surface area contributed by atoms with E-state index in [1.54, 1.807) is 12.3 Å². The monoisotopic (exact) mass is 222 g/mol. The van der Waals surface area contributed by atoms with E-state index in [1.165, 1.54) is 12.8 Å². The van der Waals surface area contributed by atoms with Crippen molar-refractivity contribution in [2.45, 2.75) is 19.8 Å². The second-order valence-corrected chi connectivity index (χ2v) is 4.73. The van der Waals surface area contributed by atoms with Gasteiger partial charge in [0.1, 0.15) is 10.7 Å². The zero-order chi connectivity index (χ0) is 10.9. The highest BCUT2D eigenvalue weighted by molar-refractivity contribution is 7.80. The molecule has 1 heterocycles. The van der Waals surface area contributed by atoms with Crippen LogP contribution >= 0.6 is 12.2 Å². The van der Waals surface area contributed by atoms with Gasteiger partial charge >= 0.3 is 0 Å². The minimum Gasteiger partial charge on any atom is -0.388 e. The average molecular weight is 222 g/mol. The Labute approximate surface area is 94.3 Å². The maximum absolute atomic E-state index is 5.49. The fourth-order valence-corrected chi connectivity index (χ4v) is 1.38. The summed E-state index contributed by atoms with van der Waals surface area (Å²) >= 11 is 4.85. The van der Waals surface area contributed by atoms with Crippen LogP contribution in [0.4, 0.5) is 5.95 Å². The van der Waals surface area contributed by atoms with Crippen molar-refractivity contribution in [2.75, 3.05) is 11.9 Å². The van der Waals surface area contributed by atoms with Crippen molar-refractivity contribution < 1.29 is 0 Å². The number of nitrogens with one attached hydrogen (secondary N) is 1. The maximum Gasteiger partial charge on any atom is 0.223 e. The molecular weight excluding hydrogens is 208 g/mol. The first-order chi connectivity index (χ1) is 7.09. The quantitative estimate of drug-likeness (QED) is 0.752. The van der Waals surface area contributed by atoms with Gasteiger partial charge in [-0.1, -0.05) is 19.1 Å². The van der Waals surface area contributed by atoms with Crippen LogP contribution in [0.5, 0.6) is 0 Å². The Balaban J connectivity index is 2.01. The molecule has 1 fully saturated rings. The summed E-state index contributed by atoms with van der Waals surface area (Å²) in [5.41, 5.74) is 6.54. The number of aromatic nitrogens is 2. The Kier molecular flexibility index (Phi) is 2.56. The SMILES string of the molecule is CC1(CNc2nccc(C(N)=S)n2)CC1. The molecule has 0 spiro atoms. The van der Waals surface area contributed by atoms with E-state index >= 15 is 0 Å². The van der Waals surface area contributed by atoms with E-state index in [0.717, 1.165) is 6.54 Å². The molecule has 0 amide bonds. The number of nitrogens with two attached hydrogens (primary N) is 1. The molecule has 5 heteroatoms. The lowest BCUT2D eigenvalue weighted by Crippen LogP contribution is -2.17. The molecule has 15 heavy (non-hydrogen) atoms. The van der Waals surface area contributed by atoms with Gasteiger partial charge in [-0.3, -0.25) is 0 Å². The second-order valence-electron chi connectivity index (χ2n) is 4.29. The minimum absolute atomic E-state index is 0.304. The largest absolute Gasteiger partial charge is 0.388 e. The first kappa shape index (κ1) is 10.3. The molecule has 0 bridgehead atoms. The highest BCUT2D eigenvalue weighted by atomic mass is 32.1. The maximum atomic E-state index is 5.49. The predicted molar refractivity (Wildman–Crippen MR) is 63.8 cm³/mol. The van der Waals surface area contributed by atoms with E-state index in [4.69, 9.17) is 18.0 Å². The van der Waals surface area contributed by atoms with Gasteiger partial charge in [-0.2, -0.15) is 0 Å². The van der Waals surface area contributed by atoms with Gasteiger partial charge in [0.05, 0.1) is 0 Å². The van der Waals surface area contributed by atoms with Crippen LogP contribution in [0, 0.1) is 5.41 Å². The van der Waals surface area contributed by atoms with Crippen molar-refractivity contribution in [2.24, 2.45) is 11.1 Å². The lowest BCUT2D eigenvalue weighted by atomic mass is 10.1. The van der Waals surface area contributed by atoms with Crippen LogP contribution in [0.15, 0.2) is 12.3 Å². The van der Waals surface area contributed by atoms with Gasteiger partial charge in [-0.05, 0) is 24.3 Å². The lowest BCUT2D eigenvalue weighted by molar-refractivity contribution is 0.607. The Bertz CT molecular complexity index is 387. The van der Waals surface area contributed by atoms with Crippen molar-refractivity contribution in [3.05, 3.63) is 18.0 Å². The molecule has 0 unspecified atom stereocenters. The van der Waals surface area contributed by atoms with Gasteiger partial charge in [0.15, 0.2) is 0 Å². The Morgan fingerprint density at radius 1 is 1.67 bits per heavy atom. The summed E-state index contributed by atoms with van der Waals surface area (Å²) in [6.45, 7) is 3.16. The number of nitrogens with zero attached hydrogens (tertiary/aromatic N) is 2. The van der Waals surface area contributed by atoms with E-state index in [-0.39, 0.29) is 0 Å². The van der Waals surface area contributed by atoms with Gasteiger partial charge in [0.2, 0.25) is 5.95 Å². The Hall–Kier alpha value is -1.23. The third-order valence-electron chi connectivity index (χ3n) is 2.68. The van der Waals surface area contributed by atoms with Gasteiger partial charge in [0, 0.05) is 12.7 Å². The van der Waals surface area contributed by atoms with Crippen LogP contribution in [0.25, 0.3) is 0 Å². The van der Waals surface area contributed by atoms with Crippen molar-refractivity contribution >= 4 is 23.2 Å². The smallest absolute Gasteiger partial charge is 0.223 e. The van der Waals surface area contributed by atoms with Crippen LogP contribution in [-0.4, -0.2) is 21.5 Å². The standard InChI is InChI=1S/C10H14N4S/c1-10(3-4-10)6-13-9-12-5-2-7(14-9)8(11)15/h2,5H,3-4,6H2,1H3,(H2,11,15)(H,12,13,14). The van der Waals surface area contributed by atoms with Crippen molar-refractivity contribution in [1.82, 2.24) is 9.97 Å². The normalized spacial score (nSPS) is 17.1. The summed E-state index contributed by atoms with van der Waals surface area (Å²) in [5.74, 6) is 0.605. The molecule has 0 aliphatic heterocycles. The van der Waals surface area contributed by atoms with Gasteiger partial charge in [-0.15, -0.1) is 0 Å². The highest BCUT2D eigenvalue weighted by Gasteiger charge is 2.36. The predicted octanol–water partition coefficient (Wildman–Crippen LogP) is 1.32. The molecule has 0 aromatic carbocycles. The minimum atomic E-state index is 0.304. The lowest BCUT2D eigenvalue weighted by Gasteiger charge is -2.09. The van der Waals surface area contributed by atoms with Gasteiger partial charge in [0.25, 0.3) is 0 Å². The fourth-order valence-electron chi connectivity index (χ4n) is 1.26. The Morgan fingerprint density at radius 2 is 2.40 bits per heavy atom. The average Bonchev–Trinajstić information content (AvgIpc) is 2.95. The van der Waals surface area contributed by atoms with Gasteiger partial charge in [-0.25, -0.2) is 9.97 Å². The van der Waals surface area contributed by atoms with Crippen molar-refractivity contribution in [1.29, 1.82) is 0 Å². The van der Waals surface area contributed by atoms with E-state index in [1.807, 2.05) is 0 Å². The van der Waals surface area contributed by atoms with Crippen LogP contribution in [0.1, 0.15) is 25.5 Å². The third kappa shape index (κ3) is 2.62. The number of hydrogen-bond acceptors (Lipinski definition) is 4. The number of anilines is 1. The summed E-state index contributed by atoms with van der Waals surface area (Å²) in [6.07, 6.45) is 4.21. The summed E-state index contributed by atoms with van der Waals surface area (Å²) in [7, 11) is 0. The zero-order valence-corrected chi connectivity index (χ0v) is 9.47. The summed E-state index contributed by atoms with van der Waals surface area (Å²) in [6, 6.07) is 1.71. The van der Waals surface area contributed by atoms with Crippen molar-refractivity contribution in [3.63, 3.8) is 0 Å². The first-order valence-electron chi connectivity index (χ1n) is 4.96. The second kappa shape index (κ2) is 3.73. The van der Waals surface area contributed by atoms with E-state index in [9.17, 15) is 0 Å². The molecule has 80 valence electrons. The van der Waals surface area contributed by atoms with Gasteiger partial charge < -0.3 is 11.1 Å². The summed E-state index contributed by atoms with van der Waals surface area (Å²) in [5, 5.41) is 3.20. The third-order valence-corrected chi connectivity index (χ3v) is 2.89. The molecular formula is C10H14N4S. The van der Waals surface area contributed by atoms with Crippen molar-refractivity contribution in [3.8, 4) is 0 Å². The van der Waals surface area contributed by atoms with E-state index < -0.39 is 0 Å². The Morgan fingerprint density at radius 3 is 3.00 bits per heavy atom. The van der Waals surface area contributed by atoms with E-state index in [0.29, 0.717) is 22.0 Å². The molecule has 1 aromatic heterocycles. The molecule has 2 rings (SSSR count). The summed E-state index contributed by atoms with van der Waals surface area (Å²) < 4.78 is 0. The van der Waals surface area contributed by atoms with E-state index in [2.05, 4.69) is 22.2 Å². The number of thiocarbonyl (C=S) groups is 1. The highest BCUT2D eigenvalue weighted by Crippen LogP contribution is 2.44. The molecule has 4 nitrogen and oxygen atoms in total. The summed E-state index contributed by atoms with van der Waals surface area (Å²) in [4.78, 5) is 8.63. The molecule has 0 saturated heterocycles. The topological polar surface area (TPSA) is 63.8 Å². The fraction of sp³-hybridized carbons (Fsp3) is 0.500. The van der Waals surface area contributed by atoms with Crippen LogP contribution < -0.4 is 11.1 Å². The molecule has 0 atom stereocenters.